The first-order valence-corrected chi connectivity index (χ1v) is 5.77. The summed E-state index contributed by atoms with van der Waals surface area (Å²) in [7, 11) is 0. The van der Waals surface area contributed by atoms with Crippen LogP contribution in [0.5, 0.6) is 17.2 Å². The largest absolute Gasteiger partial charge is 0.486 e. The van der Waals surface area contributed by atoms with Gasteiger partial charge in [-0.1, -0.05) is 12.1 Å². The SMILES string of the molecule is Nc1cccc2c1OCc1cc3c(cc1-2)OCO3. The Morgan fingerprint density at radius 2 is 1.78 bits per heavy atom. The monoisotopic (exact) mass is 241 g/mol. The first-order chi connectivity index (χ1) is 8.83. The van der Waals surface area contributed by atoms with E-state index in [1.807, 2.05) is 30.3 Å². The molecule has 4 rings (SSSR count). The average Bonchev–Trinajstić information content (AvgIpc) is 2.83. The van der Waals surface area contributed by atoms with Gasteiger partial charge in [-0.15, -0.1) is 0 Å². The van der Waals surface area contributed by atoms with Gasteiger partial charge in [0.2, 0.25) is 6.79 Å². The molecule has 2 heterocycles. The van der Waals surface area contributed by atoms with Crippen LogP contribution in [0.25, 0.3) is 11.1 Å². The van der Waals surface area contributed by atoms with E-state index in [1.165, 1.54) is 0 Å². The Labute approximate surface area is 104 Å². The van der Waals surface area contributed by atoms with Crippen molar-refractivity contribution in [3.8, 4) is 28.4 Å². The third-order valence-electron chi connectivity index (χ3n) is 3.31. The second-order valence-corrected chi connectivity index (χ2v) is 4.38. The van der Waals surface area contributed by atoms with Crippen molar-refractivity contribution in [2.24, 2.45) is 0 Å². The van der Waals surface area contributed by atoms with Crippen LogP contribution in [-0.2, 0) is 6.61 Å². The van der Waals surface area contributed by atoms with Gasteiger partial charge in [-0.05, 0) is 23.8 Å². The molecule has 0 spiro atoms. The topological polar surface area (TPSA) is 53.7 Å². The van der Waals surface area contributed by atoms with Crippen LogP contribution in [0.1, 0.15) is 5.56 Å². The quantitative estimate of drug-likeness (QED) is 0.720. The van der Waals surface area contributed by atoms with Gasteiger partial charge in [-0.3, -0.25) is 0 Å². The van der Waals surface area contributed by atoms with Crippen molar-refractivity contribution in [3.05, 3.63) is 35.9 Å². The van der Waals surface area contributed by atoms with Gasteiger partial charge in [-0.2, -0.15) is 0 Å². The molecule has 0 saturated heterocycles. The first kappa shape index (κ1) is 9.65. The van der Waals surface area contributed by atoms with Crippen LogP contribution in [0.2, 0.25) is 0 Å². The number of para-hydroxylation sites is 1. The Hall–Kier alpha value is -2.36. The number of rotatable bonds is 0. The molecule has 90 valence electrons. The minimum Gasteiger partial charge on any atom is -0.486 e. The van der Waals surface area contributed by atoms with Crippen LogP contribution < -0.4 is 19.9 Å². The Balaban J connectivity index is 1.98. The number of fused-ring (bicyclic) bond motifs is 4. The number of benzene rings is 2. The van der Waals surface area contributed by atoms with E-state index in [0.717, 1.165) is 33.9 Å². The van der Waals surface area contributed by atoms with Crippen molar-refractivity contribution < 1.29 is 14.2 Å². The predicted molar refractivity (Wildman–Crippen MR) is 66.7 cm³/mol. The maximum atomic E-state index is 5.93. The van der Waals surface area contributed by atoms with E-state index < -0.39 is 0 Å². The Morgan fingerprint density at radius 3 is 2.67 bits per heavy atom. The van der Waals surface area contributed by atoms with E-state index in [-0.39, 0.29) is 6.79 Å². The summed E-state index contributed by atoms with van der Waals surface area (Å²) in [5.41, 5.74) is 9.80. The summed E-state index contributed by atoms with van der Waals surface area (Å²) in [5, 5.41) is 0. The number of hydrogen-bond donors (Lipinski definition) is 1. The zero-order chi connectivity index (χ0) is 12.1. The zero-order valence-corrected chi connectivity index (χ0v) is 9.60. The molecule has 0 aromatic heterocycles. The summed E-state index contributed by atoms with van der Waals surface area (Å²) in [6.07, 6.45) is 0. The van der Waals surface area contributed by atoms with E-state index in [0.29, 0.717) is 12.3 Å². The summed E-state index contributed by atoms with van der Waals surface area (Å²) in [5.74, 6) is 2.32. The minimum atomic E-state index is 0.281. The molecule has 4 heteroatoms. The van der Waals surface area contributed by atoms with E-state index >= 15 is 0 Å². The molecule has 0 saturated carbocycles. The van der Waals surface area contributed by atoms with Crippen molar-refractivity contribution >= 4 is 5.69 Å². The molecule has 4 nitrogen and oxygen atoms in total. The van der Waals surface area contributed by atoms with Gasteiger partial charge in [0, 0.05) is 11.1 Å². The average molecular weight is 241 g/mol. The zero-order valence-electron chi connectivity index (χ0n) is 9.60. The minimum absolute atomic E-state index is 0.281. The molecular weight excluding hydrogens is 230 g/mol. The third kappa shape index (κ3) is 1.20. The summed E-state index contributed by atoms with van der Waals surface area (Å²) in [6, 6.07) is 9.75. The molecule has 0 amide bonds. The Kier molecular flexibility index (Phi) is 1.78. The summed E-state index contributed by atoms with van der Waals surface area (Å²) >= 11 is 0. The van der Waals surface area contributed by atoms with Crippen LogP contribution in [0.15, 0.2) is 30.3 Å². The Morgan fingerprint density at radius 1 is 0.944 bits per heavy atom. The molecule has 2 aliphatic heterocycles. The van der Waals surface area contributed by atoms with Gasteiger partial charge in [-0.25, -0.2) is 0 Å². The van der Waals surface area contributed by atoms with E-state index in [4.69, 9.17) is 19.9 Å². The molecule has 0 radical (unpaired) electrons. The van der Waals surface area contributed by atoms with Crippen LogP contribution >= 0.6 is 0 Å². The molecule has 2 aromatic rings. The lowest BCUT2D eigenvalue weighted by Gasteiger charge is -2.22. The molecular formula is C14H11NO3. The fourth-order valence-electron chi connectivity index (χ4n) is 2.43. The fraction of sp³-hybridized carbons (Fsp3) is 0.143. The maximum Gasteiger partial charge on any atom is 0.231 e. The second kappa shape index (κ2) is 3.32. The normalized spacial score (nSPS) is 14.7. The van der Waals surface area contributed by atoms with Gasteiger partial charge in [0.05, 0.1) is 5.69 Å². The van der Waals surface area contributed by atoms with Crippen LogP contribution in [0.3, 0.4) is 0 Å². The van der Waals surface area contributed by atoms with Crippen molar-refractivity contribution in [2.75, 3.05) is 12.5 Å². The first-order valence-electron chi connectivity index (χ1n) is 5.77. The maximum absolute atomic E-state index is 5.93. The molecule has 0 aliphatic carbocycles. The van der Waals surface area contributed by atoms with Gasteiger partial charge < -0.3 is 19.9 Å². The molecule has 18 heavy (non-hydrogen) atoms. The van der Waals surface area contributed by atoms with Crippen LogP contribution in [0.4, 0.5) is 5.69 Å². The van der Waals surface area contributed by atoms with Crippen molar-refractivity contribution in [1.29, 1.82) is 0 Å². The summed E-state index contributed by atoms with van der Waals surface area (Å²) in [6.45, 7) is 0.788. The highest BCUT2D eigenvalue weighted by Crippen LogP contribution is 2.45. The smallest absolute Gasteiger partial charge is 0.231 e. The van der Waals surface area contributed by atoms with Crippen molar-refractivity contribution in [1.82, 2.24) is 0 Å². The van der Waals surface area contributed by atoms with Gasteiger partial charge >= 0.3 is 0 Å². The summed E-state index contributed by atoms with van der Waals surface area (Å²) < 4.78 is 16.5. The lowest BCUT2D eigenvalue weighted by atomic mass is 9.96. The standard InChI is InChI=1S/C14H11NO3/c15-11-3-1-2-9-10-5-13-12(17-7-18-13)4-8(10)6-16-14(9)11/h1-5H,6-7,15H2. The molecule has 2 aliphatic rings. The van der Waals surface area contributed by atoms with Gasteiger partial charge in [0.25, 0.3) is 0 Å². The lowest BCUT2D eigenvalue weighted by molar-refractivity contribution is 0.174. The highest BCUT2D eigenvalue weighted by molar-refractivity contribution is 5.82. The number of anilines is 1. The predicted octanol–water partition coefficient (Wildman–Crippen LogP) is 2.56. The molecule has 0 atom stereocenters. The van der Waals surface area contributed by atoms with E-state index in [1.54, 1.807) is 0 Å². The third-order valence-corrected chi connectivity index (χ3v) is 3.31. The highest BCUT2D eigenvalue weighted by Gasteiger charge is 2.24. The van der Waals surface area contributed by atoms with Gasteiger partial charge in [0.15, 0.2) is 17.2 Å². The molecule has 0 bridgehead atoms. The Bertz CT molecular complexity index is 652. The molecule has 0 fully saturated rings. The van der Waals surface area contributed by atoms with E-state index in [2.05, 4.69) is 0 Å². The molecule has 2 aromatic carbocycles. The number of nitrogens with two attached hydrogens (primary N) is 1. The molecule has 2 N–H and O–H groups in total. The van der Waals surface area contributed by atoms with Gasteiger partial charge in [0.1, 0.15) is 6.61 Å². The van der Waals surface area contributed by atoms with Crippen LogP contribution in [-0.4, -0.2) is 6.79 Å². The number of ether oxygens (including phenoxy) is 3. The summed E-state index contributed by atoms with van der Waals surface area (Å²) in [4.78, 5) is 0. The van der Waals surface area contributed by atoms with Crippen molar-refractivity contribution in [2.45, 2.75) is 6.61 Å². The number of nitrogen functional groups attached to an aromatic ring is 1. The molecule has 0 unspecified atom stereocenters. The highest BCUT2D eigenvalue weighted by atomic mass is 16.7. The van der Waals surface area contributed by atoms with Crippen molar-refractivity contribution in [3.63, 3.8) is 0 Å². The van der Waals surface area contributed by atoms with Crippen LogP contribution in [0, 0.1) is 0 Å². The fourth-order valence-corrected chi connectivity index (χ4v) is 2.43. The second-order valence-electron chi connectivity index (χ2n) is 4.38. The number of hydrogen-bond acceptors (Lipinski definition) is 4. The van der Waals surface area contributed by atoms with E-state index in [9.17, 15) is 0 Å². The lowest BCUT2D eigenvalue weighted by Crippen LogP contribution is -2.07.